The summed E-state index contributed by atoms with van der Waals surface area (Å²) < 4.78 is 17.1. The number of aromatic nitrogens is 5. The average molecular weight is 376 g/mol. The van der Waals surface area contributed by atoms with Gasteiger partial charge in [-0.15, -0.1) is 10.2 Å². The second kappa shape index (κ2) is 6.26. The van der Waals surface area contributed by atoms with Crippen molar-refractivity contribution in [2.75, 3.05) is 6.54 Å². The topological polar surface area (TPSA) is 68.3 Å². The molecule has 0 aliphatic carbocycles. The number of benzene rings is 1. The van der Waals surface area contributed by atoms with Crippen molar-refractivity contribution in [3.05, 3.63) is 72.1 Å². The van der Waals surface area contributed by atoms with E-state index in [2.05, 4.69) is 15.2 Å². The summed E-state index contributed by atoms with van der Waals surface area (Å²) in [6.45, 7) is 3.01. The van der Waals surface area contributed by atoms with Crippen molar-refractivity contribution in [1.29, 1.82) is 0 Å². The van der Waals surface area contributed by atoms with E-state index < -0.39 is 0 Å². The van der Waals surface area contributed by atoms with Crippen molar-refractivity contribution in [2.24, 2.45) is 0 Å². The molecule has 8 heteroatoms. The van der Waals surface area contributed by atoms with Gasteiger partial charge in [-0.1, -0.05) is 6.07 Å². The third-order valence-corrected chi connectivity index (χ3v) is 5.13. The van der Waals surface area contributed by atoms with Gasteiger partial charge in [0.05, 0.1) is 6.04 Å². The number of carbonyl (C=O) groups is 1. The van der Waals surface area contributed by atoms with E-state index in [0.717, 1.165) is 11.3 Å². The minimum Gasteiger partial charge on any atom is -0.327 e. The molecule has 1 aromatic carbocycles. The lowest BCUT2D eigenvalue weighted by molar-refractivity contribution is 0.0638. The first kappa shape index (κ1) is 16.6. The van der Waals surface area contributed by atoms with Crippen molar-refractivity contribution in [3.8, 4) is 11.5 Å². The first-order valence-electron chi connectivity index (χ1n) is 9.05. The number of hydrogen-bond donors (Lipinski definition) is 0. The van der Waals surface area contributed by atoms with Gasteiger partial charge in [0.25, 0.3) is 5.91 Å². The normalized spacial score (nSPS) is 16.4. The van der Waals surface area contributed by atoms with E-state index in [1.54, 1.807) is 4.90 Å². The molecule has 28 heavy (non-hydrogen) atoms. The number of halogens is 1. The first-order valence-corrected chi connectivity index (χ1v) is 9.05. The van der Waals surface area contributed by atoms with E-state index in [-0.39, 0.29) is 17.8 Å². The summed E-state index contributed by atoms with van der Waals surface area (Å²) in [4.78, 5) is 19.2. The van der Waals surface area contributed by atoms with E-state index in [0.29, 0.717) is 30.3 Å². The molecule has 0 bridgehead atoms. The summed E-state index contributed by atoms with van der Waals surface area (Å²) in [5, 5.41) is 8.68. The van der Waals surface area contributed by atoms with Crippen molar-refractivity contribution < 1.29 is 9.18 Å². The molecule has 0 saturated heterocycles. The zero-order valence-corrected chi connectivity index (χ0v) is 15.2. The number of fused-ring (bicyclic) bond motifs is 2. The van der Waals surface area contributed by atoms with Crippen LogP contribution in [0, 0.1) is 5.82 Å². The lowest BCUT2D eigenvalue weighted by atomic mass is 10.1. The van der Waals surface area contributed by atoms with Gasteiger partial charge < -0.3 is 13.9 Å². The fourth-order valence-electron chi connectivity index (χ4n) is 3.65. The van der Waals surface area contributed by atoms with E-state index in [1.807, 2.05) is 46.5 Å². The van der Waals surface area contributed by atoms with Crippen LogP contribution in [0.1, 0.15) is 29.1 Å². The van der Waals surface area contributed by atoms with Gasteiger partial charge in [0.15, 0.2) is 11.6 Å². The smallest absolute Gasteiger partial charge is 0.254 e. The highest BCUT2D eigenvalue weighted by Gasteiger charge is 2.32. The van der Waals surface area contributed by atoms with Crippen LogP contribution in [-0.4, -0.2) is 41.5 Å². The monoisotopic (exact) mass is 376 g/mol. The van der Waals surface area contributed by atoms with Crippen LogP contribution < -0.4 is 0 Å². The summed E-state index contributed by atoms with van der Waals surface area (Å²) in [5.41, 5.74) is 2.05. The Morgan fingerprint density at radius 2 is 1.93 bits per heavy atom. The van der Waals surface area contributed by atoms with Gasteiger partial charge in [-0.2, -0.15) is 0 Å². The van der Waals surface area contributed by atoms with Crippen LogP contribution in [0.3, 0.4) is 0 Å². The quantitative estimate of drug-likeness (QED) is 0.539. The van der Waals surface area contributed by atoms with Gasteiger partial charge in [0, 0.05) is 31.0 Å². The van der Waals surface area contributed by atoms with Crippen LogP contribution in [-0.2, 0) is 6.54 Å². The molecule has 0 unspecified atom stereocenters. The number of imidazole rings is 1. The number of rotatable bonds is 2. The van der Waals surface area contributed by atoms with Gasteiger partial charge in [-0.05, 0) is 43.3 Å². The summed E-state index contributed by atoms with van der Waals surface area (Å²) in [6, 6.07) is 11.2. The van der Waals surface area contributed by atoms with Crippen molar-refractivity contribution in [1.82, 2.24) is 29.0 Å². The molecule has 4 heterocycles. The molecule has 0 N–H and O–H groups in total. The van der Waals surface area contributed by atoms with Gasteiger partial charge in [-0.25, -0.2) is 9.37 Å². The maximum atomic E-state index is 13.2. The minimum absolute atomic E-state index is 0.143. The SMILES string of the molecule is C[C@@H]1c2nnc(-c3cn4ccccc4n3)n2CCN1C(=O)c1ccc(F)cc1. The molecular weight excluding hydrogens is 359 g/mol. The third-order valence-electron chi connectivity index (χ3n) is 5.13. The minimum atomic E-state index is -0.361. The predicted molar refractivity (Wildman–Crippen MR) is 100 cm³/mol. The number of hydrogen-bond acceptors (Lipinski definition) is 4. The highest BCUT2D eigenvalue weighted by atomic mass is 19.1. The molecule has 0 saturated carbocycles. The third kappa shape index (κ3) is 2.57. The molecule has 4 aromatic rings. The standard InChI is InChI=1S/C20H17FN6O/c1-13-18-23-24-19(16-12-25-9-3-2-4-17(25)22-16)27(18)11-10-26(13)20(28)14-5-7-15(21)8-6-14/h2-9,12-13H,10-11H2,1H3/t13-/m1/s1. The number of pyridine rings is 1. The van der Waals surface area contributed by atoms with Gasteiger partial charge >= 0.3 is 0 Å². The molecule has 7 nitrogen and oxygen atoms in total. The predicted octanol–water partition coefficient (Wildman–Crippen LogP) is 2.95. The highest BCUT2D eigenvalue weighted by Crippen LogP contribution is 2.29. The van der Waals surface area contributed by atoms with E-state index >= 15 is 0 Å². The van der Waals surface area contributed by atoms with Gasteiger partial charge in [-0.3, -0.25) is 4.79 Å². The molecule has 0 radical (unpaired) electrons. The average Bonchev–Trinajstić information content (AvgIpc) is 3.32. The van der Waals surface area contributed by atoms with Crippen LogP contribution in [0.15, 0.2) is 54.9 Å². The van der Waals surface area contributed by atoms with Gasteiger partial charge in [0.1, 0.15) is 17.2 Å². The fraction of sp³-hybridized carbons (Fsp3) is 0.200. The van der Waals surface area contributed by atoms with E-state index in [4.69, 9.17) is 0 Å². The molecule has 1 atom stereocenters. The van der Waals surface area contributed by atoms with E-state index in [1.165, 1.54) is 24.3 Å². The molecule has 0 fully saturated rings. The largest absolute Gasteiger partial charge is 0.327 e. The molecule has 5 rings (SSSR count). The highest BCUT2D eigenvalue weighted by molar-refractivity contribution is 5.94. The van der Waals surface area contributed by atoms with E-state index in [9.17, 15) is 9.18 Å². The maximum absolute atomic E-state index is 13.2. The van der Waals surface area contributed by atoms with Crippen molar-refractivity contribution in [3.63, 3.8) is 0 Å². The van der Waals surface area contributed by atoms with Crippen molar-refractivity contribution >= 4 is 11.6 Å². The molecule has 1 amide bonds. The molecule has 1 aliphatic heterocycles. The Kier molecular flexibility index (Phi) is 3.71. The Morgan fingerprint density at radius 1 is 1.11 bits per heavy atom. The maximum Gasteiger partial charge on any atom is 0.254 e. The Hall–Kier alpha value is -3.55. The summed E-state index contributed by atoms with van der Waals surface area (Å²) in [6.07, 6.45) is 3.86. The molecule has 140 valence electrons. The summed E-state index contributed by atoms with van der Waals surface area (Å²) in [5.74, 6) is 0.907. The van der Waals surface area contributed by atoms with Gasteiger partial charge in [0.2, 0.25) is 0 Å². The molecule has 1 aliphatic rings. The Bertz CT molecular complexity index is 1150. The van der Waals surface area contributed by atoms with Crippen molar-refractivity contribution in [2.45, 2.75) is 19.5 Å². The number of amides is 1. The first-order chi connectivity index (χ1) is 13.6. The summed E-state index contributed by atoms with van der Waals surface area (Å²) in [7, 11) is 0. The van der Waals surface area contributed by atoms with Crippen LogP contribution in [0.5, 0.6) is 0 Å². The zero-order valence-electron chi connectivity index (χ0n) is 15.2. The Labute approximate surface area is 160 Å². The number of carbonyl (C=O) groups excluding carboxylic acids is 1. The lowest BCUT2D eigenvalue weighted by Crippen LogP contribution is -2.41. The second-order valence-corrected chi connectivity index (χ2v) is 6.81. The second-order valence-electron chi connectivity index (χ2n) is 6.81. The molecule has 0 spiro atoms. The van der Waals surface area contributed by atoms with Crippen LogP contribution in [0.2, 0.25) is 0 Å². The van der Waals surface area contributed by atoms with Crippen LogP contribution >= 0.6 is 0 Å². The lowest BCUT2D eigenvalue weighted by Gasteiger charge is -2.33. The van der Waals surface area contributed by atoms with Crippen LogP contribution in [0.25, 0.3) is 17.2 Å². The molecular formula is C20H17FN6O. The Balaban J connectivity index is 1.47. The van der Waals surface area contributed by atoms with Crippen LogP contribution in [0.4, 0.5) is 4.39 Å². The molecule has 3 aromatic heterocycles. The fourth-order valence-corrected chi connectivity index (χ4v) is 3.65. The number of nitrogens with zero attached hydrogens (tertiary/aromatic N) is 6. The zero-order chi connectivity index (χ0) is 19.3. The Morgan fingerprint density at radius 3 is 2.71 bits per heavy atom. The summed E-state index contributed by atoms with van der Waals surface area (Å²) >= 11 is 0.